The van der Waals surface area contributed by atoms with Gasteiger partial charge in [-0.25, -0.2) is 0 Å². The molecule has 1 aliphatic rings. The first-order chi connectivity index (χ1) is 12.9. The monoisotopic (exact) mass is 370 g/mol. The van der Waals surface area contributed by atoms with Crippen molar-refractivity contribution in [1.29, 1.82) is 0 Å². The number of amides is 1. The maximum absolute atomic E-state index is 13.4. The van der Waals surface area contributed by atoms with E-state index in [4.69, 9.17) is 4.52 Å². The highest BCUT2D eigenvalue weighted by molar-refractivity contribution is 5.95. The van der Waals surface area contributed by atoms with Crippen LogP contribution in [0.1, 0.15) is 55.2 Å². The number of carbonyl (C=O) groups excluding carboxylic acids is 1. The van der Waals surface area contributed by atoms with Gasteiger partial charge in [0, 0.05) is 18.2 Å². The van der Waals surface area contributed by atoms with E-state index < -0.39 is 0 Å². The molecule has 1 N–H and O–H groups in total. The van der Waals surface area contributed by atoms with E-state index in [0.29, 0.717) is 0 Å². The van der Waals surface area contributed by atoms with Gasteiger partial charge in [0.2, 0.25) is 0 Å². The number of hydrogen-bond donors (Lipinski definition) is 1. The minimum atomic E-state index is -0.0821. The summed E-state index contributed by atoms with van der Waals surface area (Å²) in [6, 6.07) is 8.05. The number of nitrogens with one attached hydrogen (secondary N) is 1. The van der Waals surface area contributed by atoms with E-state index in [2.05, 4.69) is 17.4 Å². The Balaban J connectivity index is 1.87. The summed E-state index contributed by atoms with van der Waals surface area (Å²) >= 11 is 0. The number of anilines is 1. The first kappa shape index (κ1) is 19.6. The second-order valence-electron chi connectivity index (χ2n) is 7.99. The summed E-state index contributed by atoms with van der Waals surface area (Å²) in [6.07, 6.45) is 4.37. The van der Waals surface area contributed by atoms with Crippen LogP contribution in [0.15, 0.2) is 28.8 Å². The molecule has 3 rings (SSSR count). The Bertz CT molecular complexity index is 770. The molecule has 2 heterocycles. The molecule has 1 fully saturated rings. The van der Waals surface area contributed by atoms with E-state index in [0.717, 1.165) is 71.6 Å². The summed E-state index contributed by atoms with van der Waals surface area (Å²) in [5, 5.41) is 7.46. The molecule has 0 aliphatic carbocycles. The van der Waals surface area contributed by atoms with Crippen LogP contribution < -0.4 is 5.32 Å². The molecule has 5 heteroatoms. The van der Waals surface area contributed by atoms with Gasteiger partial charge in [-0.3, -0.25) is 4.79 Å². The third kappa shape index (κ3) is 4.24. The van der Waals surface area contributed by atoms with E-state index >= 15 is 0 Å². The van der Waals surface area contributed by atoms with Gasteiger partial charge in [-0.1, -0.05) is 30.3 Å². The van der Waals surface area contributed by atoms with Gasteiger partial charge < -0.3 is 14.3 Å². The van der Waals surface area contributed by atoms with Crippen LogP contribution in [0.2, 0.25) is 0 Å². The van der Waals surface area contributed by atoms with E-state index in [1.807, 2.05) is 45.0 Å². The van der Waals surface area contributed by atoms with Crippen molar-refractivity contribution in [3.05, 3.63) is 46.8 Å². The Kier molecular flexibility index (Phi) is 6.00. The Labute approximate surface area is 162 Å². The molecule has 0 radical (unpaired) electrons. The number of benzene rings is 1. The van der Waals surface area contributed by atoms with Gasteiger partial charge in [0.1, 0.15) is 18.0 Å². The molecule has 1 unspecified atom stereocenters. The third-order valence-corrected chi connectivity index (χ3v) is 5.94. The predicted molar refractivity (Wildman–Crippen MR) is 107 cm³/mol. The number of quaternary nitrogens is 1. The lowest BCUT2D eigenvalue weighted by Gasteiger charge is -2.45. The lowest BCUT2D eigenvalue weighted by atomic mass is 9.99. The summed E-state index contributed by atoms with van der Waals surface area (Å²) in [5.41, 5.74) is 4.12. The topological polar surface area (TPSA) is 55.1 Å². The molecule has 1 saturated heterocycles. The van der Waals surface area contributed by atoms with Crippen LogP contribution in [0.25, 0.3) is 0 Å². The van der Waals surface area contributed by atoms with Crippen molar-refractivity contribution < 1.29 is 13.8 Å². The number of likely N-dealkylation sites (tertiary alicyclic amines) is 1. The van der Waals surface area contributed by atoms with Gasteiger partial charge in [0.05, 0.1) is 13.1 Å². The van der Waals surface area contributed by atoms with Crippen molar-refractivity contribution in [2.45, 2.75) is 66.0 Å². The highest BCUT2D eigenvalue weighted by atomic mass is 16.5. The zero-order valence-electron chi connectivity index (χ0n) is 17.0. The summed E-state index contributed by atoms with van der Waals surface area (Å²) in [6.45, 7) is 10.9. The van der Waals surface area contributed by atoms with Crippen molar-refractivity contribution in [1.82, 2.24) is 5.16 Å². The SMILES string of the molecule is CCC(C(=O)Nc1c(C)cccc1C)[N+]1(Cc2cc(C)on2)CCCCC1. The summed E-state index contributed by atoms with van der Waals surface area (Å²) in [4.78, 5) is 13.4. The molecular weight excluding hydrogens is 338 g/mol. The standard InChI is InChI=1S/C22H31N3O2/c1-5-20(22(26)23-21-16(2)10-9-11-17(21)3)25(12-7-6-8-13-25)15-19-14-18(4)27-24-19/h9-11,14,20H,5-8,12-13,15H2,1-4H3/p+1. The van der Waals surface area contributed by atoms with Crippen LogP contribution in [0.5, 0.6) is 0 Å². The predicted octanol–water partition coefficient (Wildman–Crippen LogP) is 4.52. The summed E-state index contributed by atoms with van der Waals surface area (Å²) < 4.78 is 6.07. The minimum Gasteiger partial charge on any atom is -0.361 e. The fraction of sp³-hybridized carbons (Fsp3) is 0.545. The van der Waals surface area contributed by atoms with Crippen LogP contribution in [-0.4, -0.2) is 34.7 Å². The molecule has 0 spiro atoms. The van der Waals surface area contributed by atoms with E-state index in [9.17, 15) is 4.79 Å². The molecule has 2 aromatic rings. The van der Waals surface area contributed by atoms with E-state index in [1.165, 1.54) is 6.42 Å². The van der Waals surface area contributed by atoms with E-state index in [-0.39, 0.29) is 11.9 Å². The largest absolute Gasteiger partial charge is 0.361 e. The molecule has 146 valence electrons. The Hall–Kier alpha value is -2.14. The Morgan fingerprint density at radius 2 is 1.85 bits per heavy atom. The Morgan fingerprint density at radius 1 is 1.19 bits per heavy atom. The second kappa shape index (κ2) is 8.26. The number of carbonyl (C=O) groups is 1. The van der Waals surface area contributed by atoms with Gasteiger partial charge in [0.25, 0.3) is 5.91 Å². The first-order valence-corrected chi connectivity index (χ1v) is 10.1. The number of rotatable bonds is 6. The fourth-order valence-corrected chi connectivity index (χ4v) is 4.58. The quantitative estimate of drug-likeness (QED) is 0.761. The highest BCUT2D eigenvalue weighted by Gasteiger charge is 2.42. The second-order valence-corrected chi connectivity index (χ2v) is 7.99. The summed E-state index contributed by atoms with van der Waals surface area (Å²) in [5.74, 6) is 0.949. The van der Waals surface area contributed by atoms with Crippen LogP contribution in [-0.2, 0) is 11.3 Å². The molecule has 1 amide bonds. The fourth-order valence-electron chi connectivity index (χ4n) is 4.58. The van der Waals surface area contributed by atoms with Gasteiger partial charge in [0.15, 0.2) is 6.04 Å². The number of para-hydroxylation sites is 1. The third-order valence-electron chi connectivity index (χ3n) is 5.94. The average Bonchev–Trinajstić information content (AvgIpc) is 3.04. The summed E-state index contributed by atoms with van der Waals surface area (Å²) in [7, 11) is 0. The van der Waals surface area contributed by atoms with Crippen molar-refractivity contribution in [2.24, 2.45) is 0 Å². The molecule has 27 heavy (non-hydrogen) atoms. The highest BCUT2D eigenvalue weighted by Crippen LogP contribution is 2.30. The zero-order chi connectivity index (χ0) is 19.4. The minimum absolute atomic E-state index is 0.0821. The molecule has 0 bridgehead atoms. The van der Waals surface area contributed by atoms with Crippen LogP contribution in [0.4, 0.5) is 5.69 Å². The number of nitrogens with zero attached hydrogens (tertiary/aromatic N) is 2. The molecule has 1 aromatic heterocycles. The van der Waals surface area contributed by atoms with Gasteiger partial charge in [-0.05, 0) is 51.2 Å². The number of aromatic nitrogens is 1. The lowest BCUT2D eigenvalue weighted by Crippen LogP contribution is -2.61. The van der Waals surface area contributed by atoms with Crippen LogP contribution in [0.3, 0.4) is 0 Å². The maximum atomic E-state index is 13.4. The van der Waals surface area contributed by atoms with Crippen molar-refractivity contribution in [3.8, 4) is 0 Å². The van der Waals surface area contributed by atoms with Crippen molar-refractivity contribution in [3.63, 3.8) is 0 Å². The van der Waals surface area contributed by atoms with Crippen molar-refractivity contribution >= 4 is 11.6 Å². The Morgan fingerprint density at radius 3 is 2.41 bits per heavy atom. The number of aryl methyl sites for hydroxylation is 3. The van der Waals surface area contributed by atoms with Gasteiger partial charge >= 0.3 is 0 Å². The maximum Gasteiger partial charge on any atom is 0.282 e. The zero-order valence-corrected chi connectivity index (χ0v) is 17.0. The van der Waals surface area contributed by atoms with E-state index in [1.54, 1.807) is 0 Å². The molecule has 1 aromatic carbocycles. The van der Waals surface area contributed by atoms with Crippen LogP contribution in [0, 0.1) is 20.8 Å². The van der Waals surface area contributed by atoms with Gasteiger partial charge in [-0.2, -0.15) is 0 Å². The first-order valence-electron chi connectivity index (χ1n) is 10.1. The molecular formula is C22H32N3O2+. The molecule has 0 saturated carbocycles. The molecule has 1 aliphatic heterocycles. The van der Waals surface area contributed by atoms with Crippen LogP contribution >= 0.6 is 0 Å². The number of hydrogen-bond acceptors (Lipinski definition) is 3. The smallest absolute Gasteiger partial charge is 0.282 e. The molecule has 1 atom stereocenters. The van der Waals surface area contributed by atoms with Crippen molar-refractivity contribution in [2.75, 3.05) is 18.4 Å². The average molecular weight is 371 g/mol. The molecule has 5 nitrogen and oxygen atoms in total. The van der Waals surface area contributed by atoms with Gasteiger partial charge in [-0.15, -0.1) is 0 Å². The normalized spacial score (nSPS) is 17.5. The number of piperidine rings is 1. The lowest BCUT2D eigenvalue weighted by molar-refractivity contribution is -0.959.